The summed E-state index contributed by atoms with van der Waals surface area (Å²) < 4.78 is 5.52. The highest BCUT2D eigenvalue weighted by atomic mass is 16.5. The minimum Gasteiger partial charge on any atom is -0.496 e. The van der Waals surface area contributed by atoms with Crippen molar-refractivity contribution >= 4 is 5.91 Å². The average molecular weight is 344 g/mol. The third-order valence-corrected chi connectivity index (χ3v) is 5.60. The van der Waals surface area contributed by atoms with Gasteiger partial charge in [-0.1, -0.05) is 32.0 Å². The molecule has 0 spiro atoms. The molecule has 2 heterocycles. The molecule has 138 valence electrons. The molecular formula is C21H32N2O2. The smallest absolute Gasteiger partial charge is 0.220 e. The van der Waals surface area contributed by atoms with Crippen LogP contribution in [0, 0.1) is 11.8 Å². The summed E-state index contributed by atoms with van der Waals surface area (Å²) in [5.41, 5.74) is 1.08. The first-order valence-corrected chi connectivity index (χ1v) is 9.73. The fraction of sp³-hybridized carbons (Fsp3) is 0.667. The Morgan fingerprint density at radius 2 is 1.92 bits per heavy atom. The molecule has 4 heteroatoms. The summed E-state index contributed by atoms with van der Waals surface area (Å²) >= 11 is 0. The maximum absolute atomic E-state index is 12.7. The first kappa shape index (κ1) is 18.2. The van der Waals surface area contributed by atoms with Crippen LogP contribution in [0.15, 0.2) is 24.3 Å². The van der Waals surface area contributed by atoms with E-state index in [9.17, 15) is 4.79 Å². The van der Waals surface area contributed by atoms with Crippen molar-refractivity contribution in [3.8, 4) is 5.75 Å². The maximum atomic E-state index is 12.7. The van der Waals surface area contributed by atoms with Crippen LogP contribution in [0.25, 0.3) is 0 Å². The van der Waals surface area contributed by atoms with Crippen molar-refractivity contribution in [1.82, 2.24) is 10.6 Å². The number of carbonyl (C=O) groups excluding carboxylic acids is 1. The highest BCUT2D eigenvalue weighted by Gasteiger charge is 2.34. The Balaban J connectivity index is 1.64. The summed E-state index contributed by atoms with van der Waals surface area (Å²) in [6, 6.07) is 9.32. The SMILES string of the molecule is COc1ccccc1C(CC(C)C)NC(=O)CC1CC2CCC(C1)N2. The number of ether oxygens (including phenoxy) is 1. The summed E-state index contributed by atoms with van der Waals surface area (Å²) in [4.78, 5) is 12.7. The summed E-state index contributed by atoms with van der Waals surface area (Å²) in [7, 11) is 1.69. The molecule has 1 aromatic rings. The third kappa shape index (κ3) is 4.75. The molecule has 2 fully saturated rings. The Bertz CT molecular complexity index is 575. The fourth-order valence-electron chi connectivity index (χ4n) is 4.55. The van der Waals surface area contributed by atoms with Crippen molar-refractivity contribution in [2.75, 3.05) is 7.11 Å². The summed E-state index contributed by atoms with van der Waals surface area (Å²) in [5.74, 6) is 2.07. The second-order valence-electron chi connectivity index (χ2n) is 8.17. The standard InChI is InChI=1S/C21H32N2O2/c1-14(2)10-19(18-6-4-5-7-20(18)25-3)23-21(24)13-15-11-16-8-9-17(12-15)22-16/h4-7,14-17,19,22H,8-13H2,1-3H3,(H,23,24). The van der Waals surface area contributed by atoms with E-state index in [1.54, 1.807) is 7.11 Å². The Morgan fingerprint density at radius 3 is 2.56 bits per heavy atom. The molecule has 25 heavy (non-hydrogen) atoms. The molecule has 0 aromatic heterocycles. The number of hydrogen-bond acceptors (Lipinski definition) is 3. The Hall–Kier alpha value is -1.55. The van der Waals surface area contributed by atoms with Gasteiger partial charge in [0.25, 0.3) is 0 Å². The zero-order chi connectivity index (χ0) is 17.8. The van der Waals surface area contributed by atoms with Crippen molar-refractivity contribution < 1.29 is 9.53 Å². The van der Waals surface area contributed by atoms with Crippen LogP contribution in [0.5, 0.6) is 5.75 Å². The van der Waals surface area contributed by atoms with Crippen LogP contribution in [-0.4, -0.2) is 25.1 Å². The normalized spacial score (nSPS) is 26.5. The molecule has 4 nitrogen and oxygen atoms in total. The van der Waals surface area contributed by atoms with Gasteiger partial charge in [0, 0.05) is 24.1 Å². The van der Waals surface area contributed by atoms with Crippen molar-refractivity contribution in [2.45, 2.75) is 70.5 Å². The van der Waals surface area contributed by atoms with E-state index in [0.717, 1.165) is 30.6 Å². The van der Waals surface area contributed by atoms with E-state index in [1.165, 1.54) is 12.8 Å². The van der Waals surface area contributed by atoms with Gasteiger partial charge in [-0.25, -0.2) is 0 Å². The molecular weight excluding hydrogens is 312 g/mol. The number of amides is 1. The molecule has 2 saturated heterocycles. The molecule has 0 radical (unpaired) electrons. The van der Waals surface area contributed by atoms with Crippen LogP contribution in [0.2, 0.25) is 0 Å². The summed E-state index contributed by atoms with van der Waals surface area (Å²) in [5, 5.41) is 6.95. The van der Waals surface area contributed by atoms with E-state index in [2.05, 4.69) is 30.5 Å². The molecule has 3 unspecified atom stereocenters. The zero-order valence-corrected chi connectivity index (χ0v) is 15.8. The van der Waals surface area contributed by atoms with Gasteiger partial charge in [-0.05, 0) is 50.0 Å². The number of methoxy groups -OCH3 is 1. The van der Waals surface area contributed by atoms with E-state index in [1.807, 2.05) is 18.2 Å². The van der Waals surface area contributed by atoms with Gasteiger partial charge < -0.3 is 15.4 Å². The minimum absolute atomic E-state index is 0.0158. The van der Waals surface area contributed by atoms with Gasteiger partial charge >= 0.3 is 0 Å². The van der Waals surface area contributed by atoms with Gasteiger partial charge in [-0.15, -0.1) is 0 Å². The average Bonchev–Trinajstić information content (AvgIpc) is 2.92. The first-order valence-electron chi connectivity index (χ1n) is 9.73. The number of carbonyl (C=O) groups is 1. The van der Waals surface area contributed by atoms with Crippen molar-refractivity contribution in [2.24, 2.45) is 11.8 Å². The van der Waals surface area contributed by atoms with Crippen molar-refractivity contribution in [3.63, 3.8) is 0 Å². The second kappa shape index (κ2) is 8.22. The first-order chi connectivity index (χ1) is 12.0. The van der Waals surface area contributed by atoms with Gasteiger partial charge in [-0.2, -0.15) is 0 Å². The second-order valence-corrected chi connectivity index (χ2v) is 8.17. The molecule has 0 saturated carbocycles. The van der Waals surface area contributed by atoms with Gasteiger partial charge in [-0.3, -0.25) is 4.79 Å². The molecule has 2 N–H and O–H groups in total. The molecule has 3 atom stereocenters. The molecule has 0 aliphatic carbocycles. The molecule has 2 aliphatic heterocycles. The number of rotatable bonds is 7. The molecule has 3 rings (SSSR count). The van der Waals surface area contributed by atoms with Crippen LogP contribution in [-0.2, 0) is 4.79 Å². The van der Waals surface area contributed by atoms with E-state index in [0.29, 0.717) is 30.3 Å². The largest absolute Gasteiger partial charge is 0.496 e. The van der Waals surface area contributed by atoms with E-state index >= 15 is 0 Å². The van der Waals surface area contributed by atoms with Gasteiger partial charge in [0.05, 0.1) is 13.2 Å². The van der Waals surface area contributed by atoms with Gasteiger partial charge in [0.2, 0.25) is 5.91 Å². The van der Waals surface area contributed by atoms with Gasteiger partial charge in [0.1, 0.15) is 5.75 Å². The predicted octanol–water partition coefficient (Wildman–Crippen LogP) is 3.82. The maximum Gasteiger partial charge on any atom is 0.220 e. The Kier molecular flexibility index (Phi) is 6.00. The lowest BCUT2D eigenvalue weighted by molar-refractivity contribution is -0.123. The van der Waals surface area contributed by atoms with Crippen molar-refractivity contribution in [1.29, 1.82) is 0 Å². The number of piperidine rings is 1. The lowest BCUT2D eigenvalue weighted by Crippen LogP contribution is -2.40. The van der Waals surface area contributed by atoms with Crippen LogP contribution in [0.4, 0.5) is 0 Å². The monoisotopic (exact) mass is 344 g/mol. The van der Waals surface area contributed by atoms with Crippen LogP contribution >= 0.6 is 0 Å². The van der Waals surface area contributed by atoms with Crippen LogP contribution in [0.1, 0.15) is 64.0 Å². The number of fused-ring (bicyclic) bond motifs is 2. The summed E-state index contributed by atoms with van der Waals surface area (Å²) in [6.45, 7) is 4.39. The van der Waals surface area contributed by atoms with E-state index < -0.39 is 0 Å². The Morgan fingerprint density at radius 1 is 1.24 bits per heavy atom. The minimum atomic E-state index is 0.0158. The predicted molar refractivity (Wildman–Crippen MR) is 101 cm³/mol. The number of nitrogens with one attached hydrogen (secondary N) is 2. The number of benzene rings is 1. The van der Waals surface area contributed by atoms with E-state index in [-0.39, 0.29) is 11.9 Å². The summed E-state index contributed by atoms with van der Waals surface area (Å²) in [6.07, 6.45) is 6.42. The highest BCUT2D eigenvalue weighted by molar-refractivity contribution is 5.77. The van der Waals surface area contributed by atoms with Crippen LogP contribution in [0.3, 0.4) is 0 Å². The van der Waals surface area contributed by atoms with Crippen molar-refractivity contribution in [3.05, 3.63) is 29.8 Å². The highest BCUT2D eigenvalue weighted by Crippen LogP contribution is 2.33. The number of hydrogen-bond donors (Lipinski definition) is 2. The third-order valence-electron chi connectivity index (χ3n) is 5.60. The molecule has 1 amide bonds. The Labute approximate surface area is 151 Å². The number of para-hydroxylation sites is 1. The quantitative estimate of drug-likeness (QED) is 0.790. The fourth-order valence-corrected chi connectivity index (χ4v) is 4.55. The zero-order valence-electron chi connectivity index (χ0n) is 15.8. The van der Waals surface area contributed by atoms with E-state index in [4.69, 9.17) is 4.74 Å². The van der Waals surface area contributed by atoms with Gasteiger partial charge in [0.15, 0.2) is 0 Å². The molecule has 2 aliphatic rings. The lowest BCUT2D eigenvalue weighted by atomic mass is 9.89. The molecule has 2 bridgehead atoms. The lowest BCUT2D eigenvalue weighted by Gasteiger charge is -2.29. The topological polar surface area (TPSA) is 50.4 Å². The van der Waals surface area contributed by atoms with Crippen LogP contribution < -0.4 is 15.4 Å². The molecule has 1 aromatic carbocycles.